The first-order valence-corrected chi connectivity index (χ1v) is 8.19. The summed E-state index contributed by atoms with van der Waals surface area (Å²) in [7, 11) is -2.09. The van der Waals surface area contributed by atoms with E-state index >= 15 is 0 Å². The van der Waals surface area contributed by atoms with E-state index in [1.54, 1.807) is 18.2 Å². The fourth-order valence-corrected chi connectivity index (χ4v) is 3.16. The van der Waals surface area contributed by atoms with E-state index in [2.05, 4.69) is 5.10 Å². The van der Waals surface area contributed by atoms with Crippen molar-refractivity contribution in [3.05, 3.63) is 47.2 Å². The van der Waals surface area contributed by atoms with Gasteiger partial charge in [0.1, 0.15) is 4.90 Å². The number of aromatic nitrogens is 2. The number of hydrogen-bond donors (Lipinski definition) is 1. The monoisotopic (exact) mass is 328 g/mol. The van der Waals surface area contributed by atoms with Gasteiger partial charge in [-0.15, -0.1) is 0 Å². The van der Waals surface area contributed by atoms with Gasteiger partial charge < -0.3 is 5.73 Å². The Balaban J connectivity index is 2.20. The molecule has 0 aliphatic heterocycles. The Hall–Kier alpha value is -1.41. The number of nitrogens with zero attached hydrogens (tertiary/aromatic N) is 3. The zero-order valence-corrected chi connectivity index (χ0v) is 13.2. The second-order valence-corrected chi connectivity index (χ2v) is 7.03. The van der Waals surface area contributed by atoms with E-state index in [0.717, 1.165) is 5.56 Å². The third kappa shape index (κ3) is 3.62. The maximum atomic E-state index is 12.5. The number of halogens is 1. The van der Waals surface area contributed by atoms with Gasteiger partial charge in [-0.3, -0.25) is 4.68 Å². The van der Waals surface area contributed by atoms with Gasteiger partial charge in [0.05, 0.1) is 12.7 Å². The Morgan fingerprint density at radius 1 is 1.38 bits per heavy atom. The van der Waals surface area contributed by atoms with Crippen molar-refractivity contribution in [2.75, 3.05) is 13.6 Å². The highest BCUT2D eigenvalue weighted by molar-refractivity contribution is 7.89. The van der Waals surface area contributed by atoms with Gasteiger partial charge in [-0.1, -0.05) is 29.8 Å². The Kier molecular flexibility index (Phi) is 5.00. The molecule has 0 saturated carbocycles. The molecule has 1 aromatic heterocycles. The van der Waals surface area contributed by atoms with Crippen LogP contribution in [0.15, 0.2) is 41.6 Å². The molecule has 0 aliphatic rings. The summed E-state index contributed by atoms with van der Waals surface area (Å²) in [4.78, 5) is 0.144. The average Bonchev–Trinajstić information content (AvgIpc) is 2.91. The number of hydrogen-bond acceptors (Lipinski definition) is 4. The summed E-state index contributed by atoms with van der Waals surface area (Å²) in [6.45, 7) is 1.07. The van der Waals surface area contributed by atoms with E-state index in [1.807, 2.05) is 6.07 Å². The van der Waals surface area contributed by atoms with Crippen LogP contribution in [0.1, 0.15) is 5.56 Å². The molecule has 2 rings (SSSR count). The van der Waals surface area contributed by atoms with Gasteiger partial charge in [-0.05, 0) is 11.6 Å². The molecule has 0 aliphatic carbocycles. The van der Waals surface area contributed by atoms with Gasteiger partial charge in [-0.25, -0.2) is 8.42 Å². The molecule has 0 bridgehead atoms. The van der Waals surface area contributed by atoms with Gasteiger partial charge >= 0.3 is 0 Å². The van der Waals surface area contributed by atoms with Crippen molar-refractivity contribution >= 4 is 21.6 Å². The zero-order chi connectivity index (χ0) is 15.5. The lowest BCUT2D eigenvalue weighted by Crippen LogP contribution is -2.26. The van der Waals surface area contributed by atoms with Crippen LogP contribution in [0, 0.1) is 0 Å². The van der Waals surface area contributed by atoms with Crippen LogP contribution in [0.2, 0.25) is 5.02 Å². The molecule has 0 saturated heterocycles. The summed E-state index contributed by atoms with van der Waals surface area (Å²) in [5, 5.41) is 4.52. The topological polar surface area (TPSA) is 81.2 Å². The lowest BCUT2D eigenvalue weighted by molar-refractivity contribution is 0.466. The molecule has 8 heteroatoms. The minimum absolute atomic E-state index is 0.144. The Bertz CT molecular complexity index is 714. The van der Waals surface area contributed by atoms with Crippen molar-refractivity contribution in [3.63, 3.8) is 0 Å². The van der Waals surface area contributed by atoms with Gasteiger partial charge in [0.15, 0.2) is 0 Å². The quantitative estimate of drug-likeness (QED) is 0.867. The molecule has 114 valence electrons. The summed E-state index contributed by atoms with van der Waals surface area (Å²) in [6.07, 6.45) is 2.80. The van der Waals surface area contributed by atoms with Gasteiger partial charge in [0, 0.05) is 31.4 Å². The van der Waals surface area contributed by atoms with E-state index in [0.29, 0.717) is 18.1 Å². The van der Waals surface area contributed by atoms with Crippen LogP contribution < -0.4 is 5.73 Å². The number of sulfonamides is 1. The fraction of sp³-hybridized carbons (Fsp3) is 0.308. The summed E-state index contributed by atoms with van der Waals surface area (Å²) >= 11 is 6.06. The molecule has 0 amide bonds. The normalized spacial score (nSPS) is 12.0. The van der Waals surface area contributed by atoms with E-state index in [4.69, 9.17) is 17.3 Å². The van der Waals surface area contributed by atoms with Crippen LogP contribution in [0.4, 0.5) is 0 Å². The van der Waals surface area contributed by atoms with Crippen LogP contribution >= 0.6 is 11.6 Å². The number of nitrogens with two attached hydrogens (primary N) is 1. The van der Waals surface area contributed by atoms with Crippen molar-refractivity contribution in [3.8, 4) is 0 Å². The molecule has 0 radical (unpaired) electrons. The Morgan fingerprint density at radius 3 is 2.76 bits per heavy atom. The lowest BCUT2D eigenvalue weighted by atomic mass is 10.2. The second kappa shape index (κ2) is 6.57. The lowest BCUT2D eigenvalue weighted by Gasteiger charge is -2.16. The van der Waals surface area contributed by atoms with E-state index in [9.17, 15) is 8.42 Å². The van der Waals surface area contributed by atoms with Crippen molar-refractivity contribution in [1.82, 2.24) is 14.1 Å². The largest absolute Gasteiger partial charge is 0.329 e. The molecule has 0 spiro atoms. The summed E-state index contributed by atoms with van der Waals surface area (Å²) in [6, 6.07) is 7.15. The smallest absolute Gasteiger partial charge is 0.246 e. The molecule has 0 fully saturated rings. The highest BCUT2D eigenvalue weighted by Gasteiger charge is 2.23. The van der Waals surface area contributed by atoms with Crippen LogP contribution in [0.5, 0.6) is 0 Å². The van der Waals surface area contributed by atoms with Crippen molar-refractivity contribution in [2.45, 2.75) is 18.0 Å². The van der Waals surface area contributed by atoms with Crippen molar-refractivity contribution in [1.29, 1.82) is 0 Å². The summed E-state index contributed by atoms with van der Waals surface area (Å²) < 4.78 is 27.7. The summed E-state index contributed by atoms with van der Waals surface area (Å²) in [5.41, 5.74) is 6.17. The van der Waals surface area contributed by atoms with E-state index in [-0.39, 0.29) is 11.4 Å². The minimum Gasteiger partial charge on any atom is -0.329 e. The van der Waals surface area contributed by atoms with Gasteiger partial charge in [0.25, 0.3) is 0 Å². The van der Waals surface area contributed by atoms with Gasteiger partial charge in [-0.2, -0.15) is 9.40 Å². The first-order valence-electron chi connectivity index (χ1n) is 6.37. The molecule has 6 nitrogen and oxygen atoms in total. The Labute approximate surface area is 129 Å². The molecular weight excluding hydrogens is 312 g/mol. The van der Waals surface area contributed by atoms with Crippen molar-refractivity contribution in [2.24, 2.45) is 5.73 Å². The average molecular weight is 329 g/mol. The SMILES string of the molecule is CN(Cc1ccccc1Cl)S(=O)(=O)c1cnn(CCN)c1. The van der Waals surface area contributed by atoms with E-state index < -0.39 is 10.0 Å². The number of rotatable bonds is 6. The summed E-state index contributed by atoms with van der Waals surface area (Å²) in [5.74, 6) is 0. The third-order valence-corrected chi connectivity index (χ3v) is 5.15. The van der Waals surface area contributed by atoms with Gasteiger partial charge in [0.2, 0.25) is 10.0 Å². The highest BCUT2D eigenvalue weighted by atomic mass is 35.5. The van der Waals surface area contributed by atoms with Crippen molar-refractivity contribution < 1.29 is 8.42 Å². The molecule has 0 unspecified atom stereocenters. The molecule has 0 atom stereocenters. The van der Waals surface area contributed by atoms with E-state index in [1.165, 1.54) is 28.4 Å². The maximum absolute atomic E-state index is 12.5. The second-order valence-electron chi connectivity index (χ2n) is 4.58. The molecule has 21 heavy (non-hydrogen) atoms. The number of benzene rings is 1. The first-order chi connectivity index (χ1) is 9.95. The molecule has 2 aromatic rings. The predicted molar refractivity (Wildman–Crippen MR) is 81.4 cm³/mol. The third-order valence-electron chi connectivity index (χ3n) is 3.03. The molecule has 1 heterocycles. The standard InChI is InChI=1S/C13H17ClN4O2S/c1-17(9-11-4-2-3-5-13(11)14)21(19,20)12-8-16-18(10-12)7-6-15/h2-5,8,10H,6-7,9,15H2,1H3. The Morgan fingerprint density at radius 2 is 2.10 bits per heavy atom. The first kappa shape index (κ1) is 16.0. The minimum atomic E-state index is -3.60. The fourth-order valence-electron chi connectivity index (χ4n) is 1.86. The van der Waals surface area contributed by atoms with Crippen LogP contribution in [0.25, 0.3) is 0 Å². The van der Waals surface area contributed by atoms with Crippen LogP contribution in [-0.2, 0) is 23.1 Å². The van der Waals surface area contributed by atoms with Crippen LogP contribution in [-0.4, -0.2) is 36.1 Å². The van der Waals surface area contributed by atoms with Crippen LogP contribution in [0.3, 0.4) is 0 Å². The molecule has 1 aromatic carbocycles. The molecular formula is C13H17ClN4O2S. The maximum Gasteiger partial charge on any atom is 0.246 e. The zero-order valence-electron chi connectivity index (χ0n) is 11.6. The molecule has 2 N–H and O–H groups in total. The predicted octanol–water partition coefficient (Wildman–Crippen LogP) is 1.32. The highest BCUT2D eigenvalue weighted by Crippen LogP contribution is 2.20.